The number of esters is 1. The van der Waals surface area contributed by atoms with Gasteiger partial charge in [-0.15, -0.1) is 6.58 Å². The van der Waals surface area contributed by atoms with Crippen molar-refractivity contribution in [1.82, 2.24) is 5.32 Å². The molecule has 3 nitrogen and oxygen atoms in total. The van der Waals surface area contributed by atoms with Gasteiger partial charge in [-0.25, -0.2) is 4.79 Å². The zero-order valence-electron chi connectivity index (χ0n) is 9.41. The average molecular weight is 229 g/mol. The summed E-state index contributed by atoms with van der Waals surface area (Å²) in [7, 11) is 0. The lowest BCUT2D eigenvalue weighted by atomic mass is 10.4. The van der Waals surface area contributed by atoms with Crippen LogP contribution in [0.25, 0.3) is 0 Å². The van der Waals surface area contributed by atoms with Gasteiger partial charge in [0.25, 0.3) is 0 Å². The average Bonchev–Trinajstić information content (AvgIpc) is 2.21. The lowest BCUT2D eigenvalue weighted by Crippen LogP contribution is -2.13. The predicted molar refractivity (Wildman–Crippen MR) is 65.9 cm³/mol. The Bertz CT molecular complexity index is 227. The highest BCUT2D eigenvalue weighted by Crippen LogP contribution is 1.98. The molecule has 0 aliphatic carbocycles. The fourth-order valence-electron chi connectivity index (χ4n) is 0.848. The Balaban J connectivity index is 3.65. The molecule has 0 atom stereocenters. The van der Waals surface area contributed by atoms with Crippen LogP contribution in [0.3, 0.4) is 0 Å². The van der Waals surface area contributed by atoms with Gasteiger partial charge in [-0.1, -0.05) is 13.0 Å². The van der Waals surface area contributed by atoms with Crippen molar-refractivity contribution in [1.29, 1.82) is 0 Å². The summed E-state index contributed by atoms with van der Waals surface area (Å²) in [6, 6.07) is 0. The maximum absolute atomic E-state index is 11.2. The third-order valence-electron chi connectivity index (χ3n) is 1.54. The van der Waals surface area contributed by atoms with Crippen molar-refractivity contribution in [3.63, 3.8) is 0 Å². The van der Waals surface area contributed by atoms with E-state index < -0.39 is 0 Å². The normalized spacial score (nSPS) is 10.9. The summed E-state index contributed by atoms with van der Waals surface area (Å²) in [4.78, 5) is 11.2. The summed E-state index contributed by atoms with van der Waals surface area (Å²) < 4.78 is 4.99. The molecule has 0 aliphatic heterocycles. The van der Waals surface area contributed by atoms with E-state index >= 15 is 0 Å². The van der Waals surface area contributed by atoms with Gasteiger partial charge in [0.2, 0.25) is 0 Å². The Labute approximate surface area is 96.0 Å². The molecule has 0 spiro atoms. The van der Waals surface area contributed by atoms with E-state index in [2.05, 4.69) is 18.8 Å². The van der Waals surface area contributed by atoms with E-state index in [-0.39, 0.29) is 5.97 Å². The number of hydrogen-bond donors (Lipinski definition) is 1. The smallest absolute Gasteiger partial charge is 0.332 e. The monoisotopic (exact) mass is 229 g/mol. The van der Waals surface area contributed by atoms with Crippen LogP contribution < -0.4 is 5.32 Å². The third-order valence-corrected chi connectivity index (χ3v) is 2.40. The minimum atomic E-state index is -0.291. The molecule has 1 N–H and O–H groups in total. The standard InChI is InChI=1S/C11H19NO2S/c1-4-6-12-10(3)9-11(13)14-7-8-15-5-2/h4,9,12H,1,5-8H2,2-3H3/b10-9-. The minimum Gasteiger partial charge on any atom is -0.462 e. The Morgan fingerprint density at radius 1 is 1.60 bits per heavy atom. The number of nitrogens with one attached hydrogen (secondary N) is 1. The number of allylic oxidation sites excluding steroid dienone is 1. The lowest BCUT2D eigenvalue weighted by Gasteiger charge is -2.04. The highest BCUT2D eigenvalue weighted by atomic mass is 32.2. The largest absolute Gasteiger partial charge is 0.462 e. The van der Waals surface area contributed by atoms with Crippen molar-refractivity contribution < 1.29 is 9.53 Å². The Morgan fingerprint density at radius 2 is 2.33 bits per heavy atom. The first kappa shape index (κ1) is 14.1. The molecule has 15 heavy (non-hydrogen) atoms. The first-order valence-electron chi connectivity index (χ1n) is 4.98. The van der Waals surface area contributed by atoms with E-state index in [1.54, 1.807) is 17.8 Å². The van der Waals surface area contributed by atoms with Crippen LogP contribution in [0.15, 0.2) is 24.4 Å². The van der Waals surface area contributed by atoms with Gasteiger partial charge >= 0.3 is 5.97 Å². The fourth-order valence-corrected chi connectivity index (χ4v) is 1.34. The summed E-state index contributed by atoms with van der Waals surface area (Å²) in [5, 5.41) is 3.00. The number of ether oxygens (including phenoxy) is 1. The van der Waals surface area contributed by atoms with Crippen LogP contribution in [0.2, 0.25) is 0 Å². The first-order valence-corrected chi connectivity index (χ1v) is 6.13. The fraction of sp³-hybridized carbons (Fsp3) is 0.545. The van der Waals surface area contributed by atoms with E-state index in [0.717, 1.165) is 17.2 Å². The SMILES string of the molecule is C=CCN/C(C)=C\C(=O)OCCSCC. The molecule has 86 valence electrons. The number of thioether (sulfide) groups is 1. The van der Waals surface area contributed by atoms with Crippen LogP contribution in [0.4, 0.5) is 0 Å². The number of hydrogen-bond acceptors (Lipinski definition) is 4. The van der Waals surface area contributed by atoms with E-state index in [1.807, 2.05) is 6.92 Å². The lowest BCUT2D eigenvalue weighted by molar-refractivity contribution is -0.137. The molecule has 0 amide bonds. The van der Waals surface area contributed by atoms with Gasteiger partial charge in [0.05, 0.1) is 0 Å². The van der Waals surface area contributed by atoms with Gasteiger partial charge in [0, 0.05) is 24.1 Å². The molecule has 0 heterocycles. The van der Waals surface area contributed by atoms with E-state index in [4.69, 9.17) is 4.74 Å². The molecule has 0 fully saturated rings. The highest BCUT2D eigenvalue weighted by Gasteiger charge is 1.98. The van der Waals surface area contributed by atoms with Crippen molar-refractivity contribution >= 4 is 17.7 Å². The third kappa shape index (κ3) is 9.41. The number of rotatable bonds is 8. The first-order chi connectivity index (χ1) is 7.20. The van der Waals surface area contributed by atoms with Crippen molar-refractivity contribution in [3.8, 4) is 0 Å². The van der Waals surface area contributed by atoms with Gasteiger partial charge in [-0.05, 0) is 12.7 Å². The van der Waals surface area contributed by atoms with E-state index in [1.165, 1.54) is 6.08 Å². The minimum absolute atomic E-state index is 0.291. The number of carbonyl (C=O) groups is 1. The topological polar surface area (TPSA) is 38.3 Å². The van der Waals surface area contributed by atoms with Crippen LogP contribution in [0.5, 0.6) is 0 Å². The highest BCUT2D eigenvalue weighted by molar-refractivity contribution is 7.99. The van der Waals surface area contributed by atoms with Crippen LogP contribution in [0.1, 0.15) is 13.8 Å². The second-order valence-corrected chi connectivity index (χ2v) is 4.26. The van der Waals surface area contributed by atoms with E-state index in [0.29, 0.717) is 13.2 Å². The van der Waals surface area contributed by atoms with Crippen molar-refractivity contribution in [2.24, 2.45) is 0 Å². The maximum Gasteiger partial charge on any atom is 0.332 e. The van der Waals surface area contributed by atoms with Crippen molar-refractivity contribution in [3.05, 3.63) is 24.4 Å². The molecule has 0 radical (unpaired) electrons. The van der Waals surface area contributed by atoms with Gasteiger partial charge in [0.15, 0.2) is 0 Å². The summed E-state index contributed by atoms with van der Waals surface area (Å²) in [5.74, 6) is 1.61. The van der Waals surface area contributed by atoms with Crippen molar-refractivity contribution in [2.45, 2.75) is 13.8 Å². The molecule has 0 unspecified atom stereocenters. The van der Waals surface area contributed by atoms with Crippen LogP contribution in [-0.4, -0.2) is 30.6 Å². The van der Waals surface area contributed by atoms with Crippen LogP contribution >= 0.6 is 11.8 Å². The van der Waals surface area contributed by atoms with Crippen LogP contribution in [-0.2, 0) is 9.53 Å². The summed E-state index contributed by atoms with van der Waals surface area (Å²) >= 11 is 1.76. The summed E-state index contributed by atoms with van der Waals surface area (Å²) in [6.45, 7) is 8.61. The van der Waals surface area contributed by atoms with Gasteiger partial charge in [-0.3, -0.25) is 0 Å². The Hall–Kier alpha value is -0.900. The second-order valence-electron chi connectivity index (χ2n) is 2.86. The summed E-state index contributed by atoms with van der Waals surface area (Å²) in [6.07, 6.45) is 3.20. The van der Waals surface area contributed by atoms with Gasteiger partial charge < -0.3 is 10.1 Å². The van der Waals surface area contributed by atoms with Crippen LogP contribution in [0, 0.1) is 0 Å². The quantitative estimate of drug-likeness (QED) is 0.299. The molecule has 0 aromatic rings. The van der Waals surface area contributed by atoms with Gasteiger partial charge in [-0.2, -0.15) is 11.8 Å². The summed E-state index contributed by atoms with van der Waals surface area (Å²) in [5.41, 5.74) is 0.794. The Morgan fingerprint density at radius 3 is 2.93 bits per heavy atom. The molecule has 0 aromatic heterocycles. The van der Waals surface area contributed by atoms with Gasteiger partial charge in [0.1, 0.15) is 6.61 Å². The molecular weight excluding hydrogens is 210 g/mol. The Kier molecular flexibility index (Phi) is 9.07. The predicted octanol–water partition coefficient (Wildman–Crippen LogP) is 1.96. The molecule has 0 saturated heterocycles. The molecule has 0 bridgehead atoms. The molecule has 0 rings (SSSR count). The zero-order chi connectivity index (χ0) is 11.5. The molecule has 4 heteroatoms. The molecule has 0 aliphatic rings. The second kappa shape index (κ2) is 9.65. The number of carbonyl (C=O) groups excluding carboxylic acids is 1. The molecular formula is C11H19NO2S. The van der Waals surface area contributed by atoms with Crippen molar-refractivity contribution in [2.75, 3.05) is 24.7 Å². The molecule has 0 saturated carbocycles. The molecule has 0 aromatic carbocycles. The maximum atomic E-state index is 11.2. The zero-order valence-corrected chi connectivity index (χ0v) is 10.2. The van der Waals surface area contributed by atoms with E-state index in [9.17, 15) is 4.79 Å².